The van der Waals surface area contributed by atoms with Crippen LogP contribution in [-0.2, 0) is 5.41 Å². The molecule has 0 aliphatic carbocycles. The summed E-state index contributed by atoms with van der Waals surface area (Å²) in [6.45, 7) is 15.5. The van der Waals surface area contributed by atoms with Gasteiger partial charge in [-0.1, -0.05) is 34.6 Å². The van der Waals surface area contributed by atoms with Crippen LogP contribution < -0.4 is 5.32 Å². The van der Waals surface area contributed by atoms with E-state index in [4.69, 9.17) is 4.42 Å². The van der Waals surface area contributed by atoms with Gasteiger partial charge in [0.15, 0.2) is 0 Å². The molecule has 0 spiro atoms. The van der Waals surface area contributed by atoms with Crippen molar-refractivity contribution in [3.05, 3.63) is 11.8 Å². The highest BCUT2D eigenvalue weighted by Crippen LogP contribution is 2.20. The number of carbonyl (C=O) groups is 1. The molecule has 0 unspecified atom stereocenters. The SMILES string of the molecule is CC.CC(C)(C)NC(=O)c1nnc(C(C)(C)C)o1. The van der Waals surface area contributed by atoms with E-state index in [1.807, 2.05) is 55.4 Å². The Bertz CT molecular complexity index is 384. The van der Waals surface area contributed by atoms with Gasteiger partial charge in [0.05, 0.1) is 0 Å². The van der Waals surface area contributed by atoms with E-state index in [1.54, 1.807) is 0 Å². The Morgan fingerprint density at radius 1 is 1.06 bits per heavy atom. The van der Waals surface area contributed by atoms with Gasteiger partial charge in [-0.15, -0.1) is 10.2 Å². The number of hydrogen-bond donors (Lipinski definition) is 1. The Balaban J connectivity index is 0.00000137. The van der Waals surface area contributed by atoms with Gasteiger partial charge in [0.1, 0.15) is 0 Å². The molecule has 0 bridgehead atoms. The van der Waals surface area contributed by atoms with Crippen molar-refractivity contribution in [1.82, 2.24) is 15.5 Å². The van der Waals surface area contributed by atoms with E-state index < -0.39 is 0 Å². The molecule has 0 aliphatic rings. The van der Waals surface area contributed by atoms with E-state index >= 15 is 0 Å². The first-order valence-corrected chi connectivity index (χ1v) is 6.26. The molecule has 1 aromatic heterocycles. The smallest absolute Gasteiger partial charge is 0.309 e. The van der Waals surface area contributed by atoms with Crippen molar-refractivity contribution in [3.63, 3.8) is 0 Å². The average Bonchev–Trinajstić information content (AvgIpc) is 2.66. The maximum absolute atomic E-state index is 11.7. The number of rotatable bonds is 1. The summed E-state index contributed by atoms with van der Waals surface area (Å²) in [5, 5.41) is 10.4. The van der Waals surface area contributed by atoms with Gasteiger partial charge < -0.3 is 9.73 Å². The first-order chi connectivity index (χ1) is 8.09. The molecule has 0 aromatic carbocycles. The number of carbonyl (C=O) groups excluding carboxylic acids is 1. The van der Waals surface area contributed by atoms with Gasteiger partial charge in [-0.05, 0) is 20.8 Å². The van der Waals surface area contributed by atoms with Crippen molar-refractivity contribution in [2.24, 2.45) is 0 Å². The Kier molecular flexibility index (Phi) is 5.52. The standard InChI is InChI=1S/C11H19N3O2.C2H6/c1-10(2,3)9-14-13-8(16-9)7(15)12-11(4,5)6;1-2/h1-6H3,(H,12,15);1-2H3. The molecule has 1 rings (SSSR count). The third-order valence-corrected chi connectivity index (χ3v) is 1.75. The number of nitrogens with one attached hydrogen (secondary N) is 1. The molecule has 1 heterocycles. The second-order valence-electron chi connectivity index (χ2n) is 5.87. The highest BCUT2D eigenvalue weighted by molar-refractivity contribution is 5.89. The third kappa shape index (κ3) is 5.29. The molecule has 18 heavy (non-hydrogen) atoms. The van der Waals surface area contributed by atoms with Crippen LogP contribution in [0.15, 0.2) is 4.42 Å². The molecular formula is C13H25N3O2. The molecule has 0 atom stereocenters. The van der Waals surface area contributed by atoms with E-state index in [0.717, 1.165) is 0 Å². The van der Waals surface area contributed by atoms with E-state index in [2.05, 4.69) is 15.5 Å². The topological polar surface area (TPSA) is 68.0 Å². The Morgan fingerprint density at radius 2 is 1.56 bits per heavy atom. The quantitative estimate of drug-likeness (QED) is 0.837. The number of hydrogen-bond acceptors (Lipinski definition) is 4. The predicted octanol–water partition coefficient (Wildman–Crippen LogP) is 2.92. The number of nitrogens with zero attached hydrogens (tertiary/aromatic N) is 2. The maximum atomic E-state index is 11.7. The molecule has 0 fully saturated rings. The maximum Gasteiger partial charge on any atom is 0.309 e. The molecule has 0 aliphatic heterocycles. The lowest BCUT2D eigenvalue weighted by molar-refractivity contribution is 0.0880. The predicted molar refractivity (Wildman–Crippen MR) is 71.6 cm³/mol. The third-order valence-electron chi connectivity index (χ3n) is 1.75. The second-order valence-corrected chi connectivity index (χ2v) is 5.87. The minimum atomic E-state index is -0.337. The summed E-state index contributed by atoms with van der Waals surface area (Å²) in [5.74, 6) is 0.141. The van der Waals surface area contributed by atoms with E-state index in [1.165, 1.54) is 0 Å². The summed E-state index contributed by atoms with van der Waals surface area (Å²) in [6.07, 6.45) is 0. The lowest BCUT2D eigenvalue weighted by atomic mass is 9.97. The molecule has 1 amide bonds. The molecule has 1 aromatic rings. The minimum Gasteiger partial charge on any atom is -0.416 e. The molecule has 5 nitrogen and oxygen atoms in total. The van der Waals surface area contributed by atoms with E-state index in [9.17, 15) is 4.79 Å². The summed E-state index contributed by atoms with van der Waals surface area (Å²) in [7, 11) is 0. The van der Waals surface area contributed by atoms with Crippen molar-refractivity contribution < 1.29 is 9.21 Å². The van der Waals surface area contributed by atoms with Gasteiger partial charge in [-0.3, -0.25) is 4.79 Å². The fourth-order valence-electron chi connectivity index (χ4n) is 1.01. The Morgan fingerprint density at radius 3 is 1.89 bits per heavy atom. The minimum absolute atomic E-state index is 0.0138. The normalized spacial score (nSPS) is 11.6. The van der Waals surface area contributed by atoms with Crippen LogP contribution >= 0.6 is 0 Å². The molecule has 5 heteroatoms. The van der Waals surface area contributed by atoms with Crippen molar-refractivity contribution in [2.75, 3.05) is 0 Å². The van der Waals surface area contributed by atoms with E-state index in [0.29, 0.717) is 5.89 Å². The number of amides is 1. The average molecular weight is 255 g/mol. The monoisotopic (exact) mass is 255 g/mol. The van der Waals surface area contributed by atoms with Crippen LogP contribution in [0, 0.1) is 0 Å². The highest BCUT2D eigenvalue weighted by Gasteiger charge is 2.25. The highest BCUT2D eigenvalue weighted by atomic mass is 16.4. The molecule has 0 radical (unpaired) electrons. The Hall–Kier alpha value is -1.39. The zero-order valence-corrected chi connectivity index (χ0v) is 12.7. The summed E-state index contributed by atoms with van der Waals surface area (Å²) >= 11 is 0. The first-order valence-electron chi connectivity index (χ1n) is 6.26. The largest absolute Gasteiger partial charge is 0.416 e. The van der Waals surface area contributed by atoms with Crippen LogP contribution in [-0.4, -0.2) is 21.6 Å². The van der Waals surface area contributed by atoms with Crippen molar-refractivity contribution in [2.45, 2.75) is 66.3 Å². The van der Waals surface area contributed by atoms with Crippen LogP contribution in [0.3, 0.4) is 0 Å². The van der Waals surface area contributed by atoms with Crippen LogP contribution in [0.5, 0.6) is 0 Å². The molecule has 104 valence electrons. The Labute approximate surface area is 109 Å². The van der Waals surface area contributed by atoms with Gasteiger partial charge in [-0.2, -0.15) is 0 Å². The van der Waals surface area contributed by atoms with Gasteiger partial charge in [0.25, 0.3) is 0 Å². The van der Waals surface area contributed by atoms with Gasteiger partial charge in [0, 0.05) is 11.0 Å². The van der Waals surface area contributed by atoms with Crippen molar-refractivity contribution in [3.8, 4) is 0 Å². The van der Waals surface area contributed by atoms with Crippen LogP contribution in [0.1, 0.15) is 72.0 Å². The summed E-state index contributed by atoms with van der Waals surface area (Å²) in [4.78, 5) is 11.7. The van der Waals surface area contributed by atoms with Gasteiger partial charge in [-0.25, -0.2) is 0 Å². The van der Waals surface area contributed by atoms with Gasteiger partial charge >= 0.3 is 11.8 Å². The van der Waals surface area contributed by atoms with Crippen molar-refractivity contribution in [1.29, 1.82) is 0 Å². The zero-order chi connectivity index (χ0) is 14.6. The molecule has 1 N–H and O–H groups in total. The summed E-state index contributed by atoms with van der Waals surface area (Å²) < 4.78 is 5.32. The lowest BCUT2D eigenvalue weighted by Crippen LogP contribution is -2.40. The lowest BCUT2D eigenvalue weighted by Gasteiger charge is -2.18. The zero-order valence-electron chi connectivity index (χ0n) is 12.7. The second kappa shape index (κ2) is 5.98. The fraction of sp³-hybridized carbons (Fsp3) is 0.769. The van der Waals surface area contributed by atoms with E-state index in [-0.39, 0.29) is 22.8 Å². The van der Waals surface area contributed by atoms with Crippen LogP contribution in [0.25, 0.3) is 0 Å². The van der Waals surface area contributed by atoms with Gasteiger partial charge in [0.2, 0.25) is 5.89 Å². The van der Waals surface area contributed by atoms with Crippen LogP contribution in [0.2, 0.25) is 0 Å². The number of aromatic nitrogens is 2. The first kappa shape index (κ1) is 16.6. The fourth-order valence-corrected chi connectivity index (χ4v) is 1.01. The van der Waals surface area contributed by atoms with Crippen molar-refractivity contribution >= 4 is 5.91 Å². The van der Waals surface area contributed by atoms with Crippen LogP contribution in [0.4, 0.5) is 0 Å². The molecule has 0 saturated heterocycles. The summed E-state index contributed by atoms with van der Waals surface area (Å²) in [6, 6.07) is 0. The molecular weight excluding hydrogens is 230 g/mol. The molecule has 0 saturated carbocycles. The summed E-state index contributed by atoms with van der Waals surface area (Å²) in [5.41, 5.74) is -0.555.